The molecule has 0 bridgehead atoms. The van der Waals surface area contributed by atoms with Crippen molar-refractivity contribution in [3.05, 3.63) is 10.8 Å². The molecule has 3 rings (SSSR count). The molecule has 0 radical (unpaired) electrons. The van der Waals surface area contributed by atoms with Gasteiger partial charge >= 0.3 is 0 Å². The highest BCUT2D eigenvalue weighted by Gasteiger charge is 2.26. The molecular weight excluding hydrogens is 234 g/mol. The molecule has 2 heterocycles. The third kappa shape index (κ3) is 2.07. The normalized spacial score (nSPS) is 16.5. The summed E-state index contributed by atoms with van der Waals surface area (Å²) in [5.41, 5.74) is 0. The summed E-state index contributed by atoms with van der Waals surface area (Å²) in [4.78, 5) is 0.943. The summed E-state index contributed by atoms with van der Waals surface area (Å²) >= 11 is 1.66. The minimum absolute atomic E-state index is 0.591. The van der Waals surface area contributed by atoms with Gasteiger partial charge in [-0.25, -0.2) is 0 Å². The van der Waals surface area contributed by atoms with Crippen LogP contribution in [0.1, 0.15) is 42.9 Å². The second-order valence-electron chi connectivity index (χ2n) is 4.48. The van der Waals surface area contributed by atoms with Crippen LogP contribution in [0, 0.1) is 0 Å². The van der Waals surface area contributed by atoms with E-state index in [1.165, 1.54) is 19.3 Å². The smallest absolute Gasteiger partial charge is 0.234 e. The zero-order valence-corrected chi connectivity index (χ0v) is 10.8. The first-order chi connectivity index (χ1) is 8.38. The summed E-state index contributed by atoms with van der Waals surface area (Å²) in [5.74, 6) is 1.66. The molecule has 1 saturated carbocycles. The van der Waals surface area contributed by atoms with E-state index in [0.29, 0.717) is 5.92 Å². The van der Waals surface area contributed by atoms with Crippen LogP contribution in [0.5, 0.6) is 0 Å². The number of likely N-dealkylation sites (N-methyl/N-ethyl adjacent to an activating group) is 1. The Balaban J connectivity index is 1.78. The van der Waals surface area contributed by atoms with Gasteiger partial charge in [0.05, 0.1) is 0 Å². The van der Waals surface area contributed by atoms with Crippen LogP contribution in [-0.4, -0.2) is 32.9 Å². The summed E-state index contributed by atoms with van der Waals surface area (Å²) in [6, 6.07) is 0. The molecule has 1 N–H and O–H groups in total. The van der Waals surface area contributed by atoms with E-state index in [1.54, 1.807) is 11.3 Å². The van der Waals surface area contributed by atoms with Crippen LogP contribution in [0.15, 0.2) is 0 Å². The summed E-state index contributed by atoms with van der Waals surface area (Å²) in [6.45, 7) is 4.12. The molecule has 0 spiro atoms. The van der Waals surface area contributed by atoms with E-state index < -0.39 is 0 Å². The fraction of sp³-hybridized carbons (Fsp3) is 0.727. The van der Waals surface area contributed by atoms with Crippen LogP contribution in [-0.2, 0) is 6.42 Å². The van der Waals surface area contributed by atoms with Gasteiger partial charge in [0, 0.05) is 18.9 Å². The molecule has 0 unspecified atom stereocenters. The second kappa shape index (κ2) is 4.70. The average Bonchev–Trinajstić information content (AvgIpc) is 2.78. The number of nitrogens with zero attached hydrogens (tertiary/aromatic N) is 4. The van der Waals surface area contributed by atoms with Crippen molar-refractivity contribution in [3.63, 3.8) is 0 Å². The Labute approximate surface area is 104 Å². The fourth-order valence-corrected chi connectivity index (χ4v) is 2.91. The molecule has 2 aromatic heterocycles. The standard InChI is InChI=1S/C11H17N5S/c1-2-12-7-6-9-15-16-10(8-4-3-5-8)13-14-11(16)17-9/h8,12H,2-7H2,1H3. The lowest BCUT2D eigenvalue weighted by Gasteiger charge is -2.22. The molecule has 0 amide bonds. The Morgan fingerprint density at radius 3 is 3.00 bits per heavy atom. The molecule has 0 atom stereocenters. The van der Waals surface area contributed by atoms with Crippen LogP contribution in [0.2, 0.25) is 0 Å². The van der Waals surface area contributed by atoms with Crippen molar-refractivity contribution in [3.8, 4) is 0 Å². The number of fused-ring (bicyclic) bond motifs is 1. The lowest BCUT2D eigenvalue weighted by Crippen LogP contribution is -2.16. The number of aromatic nitrogens is 4. The molecule has 92 valence electrons. The third-order valence-corrected chi connectivity index (χ3v) is 4.25. The Bertz CT molecular complexity index is 499. The Hall–Kier alpha value is -1.01. The van der Waals surface area contributed by atoms with E-state index in [2.05, 4.69) is 27.5 Å². The van der Waals surface area contributed by atoms with Crippen molar-refractivity contribution in [2.24, 2.45) is 0 Å². The maximum Gasteiger partial charge on any atom is 0.234 e. The average molecular weight is 251 g/mol. The first kappa shape index (κ1) is 11.1. The first-order valence-corrected chi connectivity index (χ1v) is 7.12. The molecule has 1 fully saturated rings. The van der Waals surface area contributed by atoms with Crippen molar-refractivity contribution in [1.29, 1.82) is 0 Å². The van der Waals surface area contributed by atoms with Gasteiger partial charge in [-0.15, -0.1) is 10.2 Å². The minimum atomic E-state index is 0.591. The molecule has 5 nitrogen and oxygen atoms in total. The lowest BCUT2D eigenvalue weighted by atomic mass is 9.85. The van der Waals surface area contributed by atoms with Gasteiger partial charge < -0.3 is 5.32 Å². The highest BCUT2D eigenvalue weighted by atomic mass is 32.1. The van der Waals surface area contributed by atoms with Crippen molar-refractivity contribution in [1.82, 2.24) is 25.1 Å². The van der Waals surface area contributed by atoms with E-state index in [4.69, 9.17) is 0 Å². The van der Waals surface area contributed by atoms with Gasteiger partial charge in [-0.3, -0.25) is 0 Å². The number of hydrogen-bond acceptors (Lipinski definition) is 5. The Kier molecular flexibility index (Phi) is 3.07. The number of hydrogen-bond donors (Lipinski definition) is 1. The van der Waals surface area contributed by atoms with Gasteiger partial charge in [-0.05, 0) is 19.4 Å². The first-order valence-electron chi connectivity index (χ1n) is 6.30. The molecule has 1 aliphatic rings. The SMILES string of the molecule is CCNCCc1nn2c(C3CCC3)nnc2s1. The molecule has 6 heteroatoms. The van der Waals surface area contributed by atoms with Gasteiger partial charge in [-0.2, -0.15) is 9.61 Å². The van der Waals surface area contributed by atoms with Crippen molar-refractivity contribution in [2.75, 3.05) is 13.1 Å². The Morgan fingerprint density at radius 2 is 2.29 bits per heavy atom. The highest BCUT2D eigenvalue weighted by molar-refractivity contribution is 7.16. The fourth-order valence-electron chi connectivity index (χ4n) is 2.07. The van der Waals surface area contributed by atoms with Crippen molar-refractivity contribution < 1.29 is 0 Å². The number of nitrogens with one attached hydrogen (secondary N) is 1. The quantitative estimate of drug-likeness (QED) is 0.820. The molecule has 0 aromatic carbocycles. The van der Waals surface area contributed by atoms with Gasteiger partial charge in [0.25, 0.3) is 0 Å². The molecule has 1 aliphatic carbocycles. The van der Waals surface area contributed by atoms with E-state index in [0.717, 1.165) is 35.3 Å². The summed E-state index contributed by atoms with van der Waals surface area (Å²) in [7, 11) is 0. The minimum Gasteiger partial charge on any atom is -0.317 e. The number of rotatable bonds is 5. The van der Waals surface area contributed by atoms with Crippen LogP contribution in [0.25, 0.3) is 4.96 Å². The summed E-state index contributed by atoms with van der Waals surface area (Å²) < 4.78 is 1.95. The van der Waals surface area contributed by atoms with E-state index in [9.17, 15) is 0 Å². The predicted molar refractivity (Wildman–Crippen MR) is 67.5 cm³/mol. The summed E-state index contributed by atoms with van der Waals surface area (Å²) in [5, 5.41) is 17.6. The molecule has 0 saturated heterocycles. The predicted octanol–water partition coefficient (Wildman–Crippen LogP) is 1.61. The van der Waals surface area contributed by atoms with Gasteiger partial charge in [-0.1, -0.05) is 24.7 Å². The van der Waals surface area contributed by atoms with E-state index in [1.807, 2.05) is 4.52 Å². The van der Waals surface area contributed by atoms with Crippen LogP contribution in [0.4, 0.5) is 0 Å². The molecule has 2 aromatic rings. The largest absolute Gasteiger partial charge is 0.317 e. The molecular formula is C11H17N5S. The molecule has 0 aliphatic heterocycles. The zero-order chi connectivity index (χ0) is 11.7. The lowest BCUT2D eigenvalue weighted by molar-refractivity contribution is 0.395. The maximum atomic E-state index is 4.62. The zero-order valence-electron chi connectivity index (χ0n) is 10.0. The van der Waals surface area contributed by atoms with Gasteiger partial charge in [0.1, 0.15) is 5.01 Å². The molecule has 17 heavy (non-hydrogen) atoms. The van der Waals surface area contributed by atoms with Crippen molar-refractivity contribution in [2.45, 2.75) is 38.5 Å². The van der Waals surface area contributed by atoms with Gasteiger partial charge in [0.2, 0.25) is 4.96 Å². The van der Waals surface area contributed by atoms with Gasteiger partial charge in [0.15, 0.2) is 5.82 Å². The van der Waals surface area contributed by atoms with Crippen LogP contribution < -0.4 is 5.32 Å². The third-order valence-electron chi connectivity index (χ3n) is 3.29. The van der Waals surface area contributed by atoms with E-state index >= 15 is 0 Å². The topological polar surface area (TPSA) is 55.1 Å². The highest BCUT2D eigenvalue weighted by Crippen LogP contribution is 2.35. The monoisotopic (exact) mass is 251 g/mol. The van der Waals surface area contributed by atoms with E-state index in [-0.39, 0.29) is 0 Å². The Morgan fingerprint density at radius 1 is 1.41 bits per heavy atom. The second-order valence-corrected chi connectivity index (χ2v) is 5.52. The van der Waals surface area contributed by atoms with Crippen LogP contribution >= 0.6 is 11.3 Å². The summed E-state index contributed by atoms with van der Waals surface area (Å²) in [6.07, 6.45) is 4.78. The maximum absolute atomic E-state index is 4.62. The van der Waals surface area contributed by atoms with Crippen molar-refractivity contribution >= 4 is 16.3 Å². The van der Waals surface area contributed by atoms with Crippen LogP contribution in [0.3, 0.4) is 0 Å².